The van der Waals surface area contributed by atoms with E-state index in [2.05, 4.69) is 33.2 Å². The quantitative estimate of drug-likeness (QED) is 0.568. The first-order valence-corrected chi connectivity index (χ1v) is 7.13. The second-order valence-electron chi connectivity index (χ2n) is 4.60. The summed E-state index contributed by atoms with van der Waals surface area (Å²) in [7, 11) is 1.67. The van der Waals surface area contributed by atoms with Crippen LogP contribution in [0.1, 0.15) is 0 Å². The van der Waals surface area contributed by atoms with Gasteiger partial charge in [0.15, 0.2) is 5.82 Å². The van der Waals surface area contributed by atoms with E-state index in [4.69, 9.17) is 9.84 Å². The Morgan fingerprint density at radius 3 is 2.68 bits per heavy atom. The van der Waals surface area contributed by atoms with Crippen LogP contribution in [0.25, 0.3) is 28.2 Å². The van der Waals surface area contributed by atoms with Crippen molar-refractivity contribution >= 4 is 29.5 Å². The van der Waals surface area contributed by atoms with Gasteiger partial charge < -0.3 is 14.4 Å². The van der Waals surface area contributed by atoms with Crippen LogP contribution in [-0.2, 0) is 4.79 Å². The molecule has 1 aromatic heterocycles. The number of ether oxygens (including phenoxy) is 1. The van der Waals surface area contributed by atoms with Gasteiger partial charge in [-0.1, -0.05) is 0 Å². The molecular formula is C15H13N3O3S. The predicted octanol–water partition coefficient (Wildman–Crippen LogP) is 2.41. The molecule has 1 N–H and O–H groups in total. The van der Waals surface area contributed by atoms with Gasteiger partial charge in [-0.3, -0.25) is 4.79 Å². The fraction of sp³-hybridized carbons (Fsp3) is 0.133. The van der Waals surface area contributed by atoms with E-state index in [0.29, 0.717) is 0 Å². The molecule has 2 aliphatic rings. The molecule has 22 heavy (non-hydrogen) atoms. The van der Waals surface area contributed by atoms with Crippen LogP contribution in [0.5, 0.6) is 5.75 Å². The molecule has 4 rings (SSSR count). The van der Waals surface area contributed by atoms with Crippen molar-refractivity contribution in [2.24, 2.45) is 0 Å². The number of thiol groups is 1. The van der Waals surface area contributed by atoms with E-state index in [1.54, 1.807) is 7.11 Å². The molecule has 0 saturated heterocycles. The fourth-order valence-corrected chi connectivity index (χ4v) is 2.09. The number of methoxy groups -OCH3 is 1. The van der Waals surface area contributed by atoms with Gasteiger partial charge >= 0.3 is 5.97 Å². The Bertz CT molecular complexity index is 840. The minimum absolute atomic E-state index is 0.0833. The number of carboxylic acids is 1. The lowest BCUT2D eigenvalue weighted by Crippen LogP contribution is -1.92. The largest absolute Gasteiger partial charge is 0.497 e. The zero-order valence-electron chi connectivity index (χ0n) is 11.7. The number of carbonyl (C=O) groups is 1. The molecule has 112 valence electrons. The molecule has 0 fully saturated rings. The van der Waals surface area contributed by atoms with E-state index in [0.717, 1.165) is 28.6 Å². The van der Waals surface area contributed by atoms with Crippen molar-refractivity contribution in [1.82, 2.24) is 14.5 Å². The highest BCUT2D eigenvalue weighted by molar-refractivity contribution is 7.81. The third kappa shape index (κ3) is 2.75. The molecule has 3 heterocycles. The van der Waals surface area contributed by atoms with Crippen molar-refractivity contribution in [2.75, 3.05) is 12.9 Å². The minimum atomic E-state index is -0.881. The van der Waals surface area contributed by atoms with Crippen LogP contribution in [0.15, 0.2) is 36.5 Å². The SMILES string of the molecule is COc1ccc2ccn(-c3cc4nc-4n3)c2c1.O=C(O)CS. The molecule has 0 spiro atoms. The van der Waals surface area contributed by atoms with Crippen molar-refractivity contribution in [3.05, 3.63) is 36.5 Å². The van der Waals surface area contributed by atoms with E-state index < -0.39 is 5.97 Å². The lowest BCUT2D eigenvalue weighted by molar-refractivity contribution is -0.133. The van der Waals surface area contributed by atoms with Gasteiger partial charge in [0.1, 0.15) is 17.3 Å². The highest BCUT2D eigenvalue weighted by Crippen LogP contribution is 2.31. The average molecular weight is 315 g/mol. The summed E-state index contributed by atoms with van der Waals surface area (Å²) >= 11 is 3.42. The fourth-order valence-electron chi connectivity index (χ4n) is 2.09. The standard InChI is InChI=1S/C13H9N3O.C2H4O2S/c1-17-9-3-2-8-4-5-16(11(8)6-9)12-7-10-13(14-10)15-12;3-2(4)1-5/h2-7H,1H3;5H,1H2,(H,3,4). The van der Waals surface area contributed by atoms with Gasteiger partial charge in [0.2, 0.25) is 0 Å². The van der Waals surface area contributed by atoms with E-state index in [1.807, 2.05) is 30.5 Å². The minimum Gasteiger partial charge on any atom is -0.497 e. The lowest BCUT2D eigenvalue weighted by atomic mass is 10.2. The van der Waals surface area contributed by atoms with Gasteiger partial charge in [-0.05, 0) is 18.2 Å². The Labute approximate surface area is 131 Å². The molecule has 0 atom stereocenters. The summed E-state index contributed by atoms with van der Waals surface area (Å²) in [6.45, 7) is 0. The van der Waals surface area contributed by atoms with Crippen LogP contribution >= 0.6 is 12.6 Å². The van der Waals surface area contributed by atoms with Crippen molar-refractivity contribution in [3.8, 4) is 23.1 Å². The molecule has 2 aliphatic heterocycles. The first-order chi connectivity index (χ1) is 10.6. The van der Waals surface area contributed by atoms with Crippen LogP contribution in [0.3, 0.4) is 0 Å². The number of nitrogens with zero attached hydrogens (tertiary/aromatic N) is 3. The van der Waals surface area contributed by atoms with Crippen molar-refractivity contribution in [1.29, 1.82) is 0 Å². The zero-order chi connectivity index (χ0) is 15.7. The van der Waals surface area contributed by atoms with E-state index in [9.17, 15) is 4.79 Å². The van der Waals surface area contributed by atoms with Gasteiger partial charge in [-0.25, -0.2) is 9.97 Å². The van der Waals surface area contributed by atoms with Crippen LogP contribution in [0, 0.1) is 0 Å². The Morgan fingerprint density at radius 2 is 2.09 bits per heavy atom. The number of rotatable bonds is 3. The summed E-state index contributed by atoms with van der Waals surface area (Å²) in [5.41, 5.74) is 2.10. The van der Waals surface area contributed by atoms with Gasteiger partial charge in [-0.15, -0.1) is 0 Å². The number of aliphatic carboxylic acids is 1. The van der Waals surface area contributed by atoms with Gasteiger partial charge in [0, 0.05) is 23.7 Å². The molecule has 6 nitrogen and oxygen atoms in total. The number of hydrogen-bond acceptors (Lipinski definition) is 5. The van der Waals surface area contributed by atoms with Gasteiger partial charge in [-0.2, -0.15) is 12.6 Å². The summed E-state index contributed by atoms with van der Waals surface area (Å²) in [6, 6.07) is 10.1. The number of fused-ring (bicyclic) bond motifs is 2. The van der Waals surface area contributed by atoms with Gasteiger partial charge in [0.05, 0.1) is 18.4 Å². The third-order valence-corrected chi connectivity index (χ3v) is 3.44. The highest BCUT2D eigenvalue weighted by Gasteiger charge is 2.21. The molecule has 0 unspecified atom stereocenters. The monoisotopic (exact) mass is 315 g/mol. The summed E-state index contributed by atoms with van der Waals surface area (Å²) in [6.07, 6.45) is 2.02. The molecular weight excluding hydrogens is 302 g/mol. The zero-order valence-corrected chi connectivity index (χ0v) is 12.6. The molecule has 0 saturated carbocycles. The topological polar surface area (TPSA) is 77.2 Å². The summed E-state index contributed by atoms with van der Waals surface area (Å²) < 4.78 is 7.30. The van der Waals surface area contributed by atoms with Crippen molar-refractivity contribution < 1.29 is 14.6 Å². The molecule has 2 aromatic rings. The van der Waals surface area contributed by atoms with E-state index in [-0.39, 0.29) is 5.75 Å². The highest BCUT2D eigenvalue weighted by atomic mass is 32.1. The van der Waals surface area contributed by atoms with Crippen LogP contribution in [0.2, 0.25) is 0 Å². The van der Waals surface area contributed by atoms with Crippen molar-refractivity contribution in [3.63, 3.8) is 0 Å². The van der Waals surface area contributed by atoms with Crippen LogP contribution in [0.4, 0.5) is 0 Å². The summed E-state index contributed by atoms with van der Waals surface area (Å²) in [4.78, 5) is 17.8. The molecule has 0 bridgehead atoms. The predicted molar refractivity (Wildman–Crippen MR) is 85.9 cm³/mol. The summed E-state index contributed by atoms with van der Waals surface area (Å²) in [5, 5.41) is 8.82. The Hall–Kier alpha value is -2.54. The first-order valence-electron chi connectivity index (χ1n) is 6.50. The molecule has 7 heteroatoms. The second-order valence-corrected chi connectivity index (χ2v) is 4.91. The molecule has 1 aromatic carbocycles. The maximum atomic E-state index is 9.29. The molecule has 0 aliphatic carbocycles. The van der Waals surface area contributed by atoms with Gasteiger partial charge in [0.25, 0.3) is 0 Å². The Morgan fingerprint density at radius 1 is 1.32 bits per heavy atom. The smallest absolute Gasteiger partial charge is 0.313 e. The number of carboxylic acid groups (broad SMARTS) is 1. The van der Waals surface area contributed by atoms with Crippen molar-refractivity contribution in [2.45, 2.75) is 0 Å². The number of aromatic nitrogens is 3. The number of hydrogen-bond donors (Lipinski definition) is 2. The third-order valence-electron chi connectivity index (χ3n) is 3.17. The molecule has 0 radical (unpaired) electrons. The average Bonchev–Trinajstić information content (AvgIpc) is 2.97. The summed E-state index contributed by atoms with van der Waals surface area (Å²) in [5.74, 6) is 1.68. The number of benzene rings is 1. The molecule has 0 amide bonds. The van der Waals surface area contributed by atoms with E-state index in [1.165, 1.54) is 5.39 Å². The lowest BCUT2D eigenvalue weighted by Gasteiger charge is -2.03. The maximum absolute atomic E-state index is 9.29. The van der Waals surface area contributed by atoms with Crippen LogP contribution in [-0.4, -0.2) is 38.5 Å². The maximum Gasteiger partial charge on any atom is 0.313 e. The first kappa shape index (κ1) is 14.4. The van der Waals surface area contributed by atoms with E-state index >= 15 is 0 Å². The normalized spacial score (nSPS) is 10.8. The second kappa shape index (κ2) is 5.69. The van der Waals surface area contributed by atoms with Crippen LogP contribution < -0.4 is 4.74 Å². The Kier molecular flexibility index (Phi) is 3.72. The Balaban J connectivity index is 0.000000254.